The van der Waals surface area contributed by atoms with Crippen LogP contribution in [0.25, 0.3) is 5.78 Å². The van der Waals surface area contributed by atoms with Crippen molar-refractivity contribution in [2.24, 2.45) is 0 Å². The van der Waals surface area contributed by atoms with Crippen molar-refractivity contribution in [1.82, 2.24) is 19.6 Å². The lowest BCUT2D eigenvalue weighted by molar-refractivity contribution is 0.851. The molecule has 0 fully saturated rings. The lowest BCUT2D eigenvalue weighted by Gasteiger charge is -2.00. The molecule has 0 atom stereocenters. The number of hydrogen-bond acceptors (Lipinski definition) is 5. The summed E-state index contributed by atoms with van der Waals surface area (Å²) in [5, 5.41) is 8.14. The van der Waals surface area contributed by atoms with E-state index in [4.69, 9.17) is 0 Å². The number of aryl methyl sites for hydroxylation is 1. The lowest BCUT2D eigenvalue weighted by Crippen LogP contribution is -2.21. The first-order valence-corrected chi connectivity index (χ1v) is 7.31. The van der Waals surface area contributed by atoms with E-state index in [9.17, 15) is 4.79 Å². The van der Waals surface area contributed by atoms with E-state index in [-0.39, 0.29) is 5.56 Å². The Morgan fingerprint density at radius 2 is 2.30 bits per heavy atom. The molecule has 7 heteroatoms. The summed E-state index contributed by atoms with van der Waals surface area (Å²) in [6.45, 7) is 4.46. The molecule has 3 aromatic heterocycles. The Kier molecular flexibility index (Phi) is 3.27. The van der Waals surface area contributed by atoms with Crippen LogP contribution in [-0.4, -0.2) is 19.6 Å². The van der Waals surface area contributed by atoms with E-state index in [2.05, 4.69) is 20.4 Å². The van der Waals surface area contributed by atoms with Crippen molar-refractivity contribution >= 4 is 23.1 Å². The summed E-state index contributed by atoms with van der Waals surface area (Å²) in [4.78, 5) is 22.1. The van der Waals surface area contributed by atoms with Crippen LogP contribution in [0.4, 0.5) is 5.95 Å². The predicted molar refractivity (Wildman–Crippen MR) is 79.4 cm³/mol. The molecule has 0 radical (unpaired) electrons. The third-order valence-electron chi connectivity index (χ3n) is 3.16. The smallest absolute Gasteiger partial charge is 0.277 e. The predicted octanol–water partition coefficient (Wildman–Crippen LogP) is 1.96. The molecule has 0 bridgehead atoms. The van der Waals surface area contributed by atoms with E-state index in [0.717, 1.165) is 11.3 Å². The van der Waals surface area contributed by atoms with Gasteiger partial charge in [0.25, 0.3) is 11.3 Å². The molecule has 0 aliphatic heterocycles. The summed E-state index contributed by atoms with van der Waals surface area (Å²) in [5.74, 6) is 0.953. The number of hydrogen-bond donors (Lipinski definition) is 2. The van der Waals surface area contributed by atoms with E-state index >= 15 is 0 Å². The van der Waals surface area contributed by atoms with Gasteiger partial charge in [-0.25, -0.2) is 4.98 Å². The molecule has 3 aromatic rings. The number of fused-ring (bicyclic) bond motifs is 1. The SMILES string of the molecule is CCc1c(C)nc2nc(NCc3cccs3)[nH]n2c1=O. The average molecular weight is 289 g/mol. The van der Waals surface area contributed by atoms with Gasteiger partial charge < -0.3 is 5.32 Å². The molecule has 0 spiro atoms. The van der Waals surface area contributed by atoms with Crippen LogP contribution in [0.1, 0.15) is 23.1 Å². The van der Waals surface area contributed by atoms with Crippen LogP contribution >= 0.6 is 11.3 Å². The molecule has 0 aliphatic rings. The minimum absolute atomic E-state index is 0.0772. The van der Waals surface area contributed by atoms with Gasteiger partial charge in [0.1, 0.15) is 0 Å². The molecule has 3 rings (SSSR count). The summed E-state index contributed by atoms with van der Waals surface area (Å²) >= 11 is 1.67. The topological polar surface area (TPSA) is 75.1 Å². The maximum atomic E-state index is 12.3. The molecule has 0 aliphatic carbocycles. The van der Waals surface area contributed by atoms with Crippen molar-refractivity contribution in [1.29, 1.82) is 0 Å². The van der Waals surface area contributed by atoms with Crippen molar-refractivity contribution in [2.45, 2.75) is 26.8 Å². The first-order chi connectivity index (χ1) is 9.69. The zero-order chi connectivity index (χ0) is 14.1. The summed E-state index contributed by atoms with van der Waals surface area (Å²) in [5.41, 5.74) is 1.39. The molecular weight excluding hydrogens is 274 g/mol. The molecule has 2 N–H and O–H groups in total. The Balaban J connectivity index is 1.94. The van der Waals surface area contributed by atoms with E-state index in [0.29, 0.717) is 24.7 Å². The highest BCUT2D eigenvalue weighted by Crippen LogP contribution is 2.11. The standard InChI is InChI=1S/C13H15N5OS/c1-3-10-8(2)15-13-16-12(17-18(13)11(10)19)14-7-9-5-4-6-20-9/h4-6H,3,7H2,1-2H3,(H2,14,15,16,17). The van der Waals surface area contributed by atoms with Crippen LogP contribution in [0.2, 0.25) is 0 Å². The van der Waals surface area contributed by atoms with E-state index in [1.165, 1.54) is 9.39 Å². The van der Waals surface area contributed by atoms with Crippen LogP contribution in [0.5, 0.6) is 0 Å². The molecule has 20 heavy (non-hydrogen) atoms. The number of aromatic nitrogens is 4. The molecule has 0 saturated carbocycles. The zero-order valence-corrected chi connectivity index (χ0v) is 12.1. The van der Waals surface area contributed by atoms with Gasteiger partial charge in [-0.2, -0.15) is 9.50 Å². The summed E-state index contributed by atoms with van der Waals surface area (Å²) < 4.78 is 1.39. The summed E-state index contributed by atoms with van der Waals surface area (Å²) in [6.07, 6.45) is 0.664. The second-order valence-corrected chi connectivity index (χ2v) is 5.51. The van der Waals surface area contributed by atoms with Gasteiger partial charge in [-0.15, -0.1) is 11.3 Å². The second kappa shape index (κ2) is 5.09. The summed E-state index contributed by atoms with van der Waals surface area (Å²) in [6, 6.07) is 4.05. The van der Waals surface area contributed by atoms with Crippen LogP contribution in [-0.2, 0) is 13.0 Å². The number of aromatic amines is 1. The highest BCUT2D eigenvalue weighted by Gasteiger charge is 2.11. The molecule has 0 amide bonds. The summed E-state index contributed by atoms with van der Waals surface area (Å²) in [7, 11) is 0. The van der Waals surface area contributed by atoms with Gasteiger partial charge in [0.05, 0.1) is 12.2 Å². The van der Waals surface area contributed by atoms with E-state index in [1.807, 2.05) is 31.4 Å². The number of H-pyrrole nitrogens is 1. The Bertz CT molecular complexity index is 787. The largest absolute Gasteiger partial charge is 0.350 e. The first-order valence-electron chi connectivity index (χ1n) is 6.43. The van der Waals surface area contributed by atoms with Gasteiger partial charge in [0.15, 0.2) is 0 Å². The van der Waals surface area contributed by atoms with E-state index < -0.39 is 0 Å². The van der Waals surface area contributed by atoms with Gasteiger partial charge in [0.2, 0.25) is 5.95 Å². The minimum atomic E-state index is -0.0772. The van der Waals surface area contributed by atoms with Crippen molar-refractivity contribution in [3.8, 4) is 0 Å². The zero-order valence-electron chi connectivity index (χ0n) is 11.3. The second-order valence-electron chi connectivity index (χ2n) is 4.48. The van der Waals surface area contributed by atoms with Crippen LogP contribution < -0.4 is 10.9 Å². The van der Waals surface area contributed by atoms with Gasteiger partial charge in [-0.3, -0.25) is 9.89 Å². The average Bonchev–Trinajstić information content (AvgIpc) is 3.05. The first kappa shape index (κ1) is 12.9. The molecule has 0 unspecified atom stereocenters. The van der Waals surface area contributed by atoms with Crippen LogP contribution in [0.3, 0.4) is 0 Å². The van der Waals surface area contributed by atoms with Gasteiger partial charge in [0, 0.05) is 10.4 Å². The fourth-order valence-corrected chi connectivity index (χ4v) is 2.77. The van der Waals surface area contributed by atoms with Gasteiger partial charge in [-0.1, -0.05) is 13.0 Å². The van der Waals surface area contributed by atoms with Crippen LogP contribution in [0, 0.1) is 6.92 Å². The number of anilines is 1. The Labute approximate surface area is 119 Å². The van der Waals surface area contributed by atoms with Gasteiger partial charge in [-0.05, 0) is 24.8 Å². The Morgan fingerprint density at radius 3 is 3.00 bits per heavy atom. The lowest BCUT2D eigenvalue weighted by atomic mass is 10.2. The third kappa shape index (κ3) is 2.20. The molecular formula is C13H15N5OS. The quantitative estimate of drug-likeness (QED) is 0.770. The highest BCUT2D eigenvalue weighted by atomic mass is 32.1. The van der Waals surface area contributed by atoms with Crippen LogP contribution in [0.15, 0.2) is 22.3 Å². The molecule has 104 valence electrons. The third-order valence-corrected chi connectivity index (χ3v) is 4.04. The fraction of sp³-hybridized carbons (Fsp3) is 0.308. The van der Waals surface area contributed by atoms with Gasteiger partial charge >= 0.3 is 0 Å². The molecule has 6 nitrogen and oxygen atoms in total. The molecule has 3 heterocycles. The highest BCUT2D eigenvalue weighted by molar-refractivity contribution is 7.09. The minimum Gasteiger partial charge on any atom is -0.350 e. The van der Waals surface area contributed by atoms with E-state index in [1.54, 1.807) is 11.3 Å². The fourth-order valence-electron chi connectivity index (χ4n) is 2.12. The monoisotopic (exact) mass is 289 g/mol. The number of thiophene rings is 1. The van der Waals surface area contributed by atoms with Crippen molar-refractivity contribution in [2.75, 3.05) is 5.32 Å². The van der Waals surface area contributed by atoms with Crippen molar-refractivity contribution in [3.05, 3.63) is 44.0 Å². The Morgan fingerprint density at radius 1 is 1.45 bits per heavy atom. The molecule has 0 saturated heterocycles. The van der Waals surface area contributed by atoms with Crippen molar-refractivity contribution < 1.29 is 0 Å². The Hall–Kier alpha value is -2.15. The van der Waals surface area contributed by atoms with Crippen molar-refractivity contribution in [3.63, 3.8) is 0 Å². The number of nitrogens with zero attached hydrogens (tertiary/aromatic N) is 3. The maximum absolute atomic E-state index is 12.3. The number of rotatable bonds is 4. The number of nitrogens with one attached hydrogen (secondary N) is 2. The normalized spacial score (nSPS) is 11.1. The molecule has 0 aromatic carbocycles. The maximum Gasteiger partial charge on any atom is 0.277 e.